The average molecular weight is 324 g/mol. The molecule has 0 bridgehead atoms. The van der Waals surface area contributed by atoms with Gasteiger partial charge in [0.25, 0.3) is 0 Å². The predicted molar refractivity (Wildman–Crippen MR) is 84.4 cm³/mol. The van der Waals surface area contributed by atoms with Gasteiger partial charge in [0.2, 0.25) is 0 Å². The maximum absolute atomic E-state index is 6.18. The lowest BCUT2D eigenvalue weighted by atomic mass is 10.1. The first-order valence-corrected chi connectivity index (χ1v) is 7.48. The lowest BCUT2D eigenvalue weighted by molar-refractivity contribution is 0.148. The number of benzene rings is 2. The third-order valence-corrected chi connectivity index (χ3v) is 3.93. The summed E-state index contributed by atoms with van der Waals surface area (Å²) >= 11 is 12.2. The van der Waals surface area contributed by atoms with Crippen molar-refractivity contribution in [3.8, 4) is 11.5 Å². The topological polar surface area (TPSA) is 44.5 Å². The summed E-state index contributed by atoms with van der Waals surface area (Å²) in [5, 5.41) is 1.02. The quantitative estimate of drug-likeness (QED) is 0.929. The van der Waals surface area contributed by atoms with E-state index in [1.54, 1.807) is 12.1 Å². The first-order chi connectivity index (χ1) is 10.2. The van der Waals surface area contributed by atoms with Gasteiger partial charge < -0.3 is 15.2 Å². The van der Waals surface area contributed by atoms with Gasteiger partial charge in [-0.1, -0.05) is 41.4 Å². The van der Waals surface area contributed by atoms with Gasteiger partial charge >= 0.3 is 0 Å². The number of ether oxygens (including phenoxy) is 2. The van der Waals surface area contributed by atoms with Crippen LogP contribution in [0.5, 0.6) is 11.5 Å². The highest BCUT2D eigenvalue weighted by atomic mass is 35.5. The Morgan fingerprint density at radius 3 is 2.81 bits per heavy atom. The molecule has 110 valence electrons. The minimum Gasteiger partial charge on any atom is -0.488 e. The molecule has 0 saturated heterocycles. The molecule has 1 heterocycles. The number of halogens is 2. The summed E-state index contributed by atoms with van der Waals surface area (Å²) in [7, 11) is 0. The van der Waals surface area contributed by atoms with Crippen LogP contribution in [0.4, 0.5) is 0 Å². The monoisotopic (exact) mass is 323 g/mol. The molecule has 3 rings (SSSR count). The van der Waals surface area contributed by atoms with Crippen molar-refractivity contribution in [2.24, 2.45) is 5.73 Å². The van der Waals surface area contributed by atoms with Crippen LogP contribution in [0.3, 0.4) is 0 Å². The maximum atomic E-state index is 6.18. The van der Waals surface area contributed by atoms with Crippen LogP contribution >= 0.6 is 23.2 Å². The molecule has 0 amide bonds. The number of hydrogen-bond donors (Lipinski definition) is 1. The lowest BCUT2D eigenvalue weighted by Gasteiger charge is -2.16. The molecule has 5 heteroatoms. The predicted octanol–water partition coefficient (Wildman–Crippen LogP) is 3.83. The summed E-state index contributed by atoms with van der Waals surface area (Å²) in [6, 6.07) is 11.4. The Morgan fingerprint density at radius 2 is 2.05 bits per heavy atom. The highest BCUT2D eigenvalue weighted by molar-refractivity contribution is 6.35. The SMILES string of the molecule is NCc1cc(Cl)cc(Cl)c1OCC1Cc2ccccc2O1. The third kappa shape index (κ3) is 3.10. The zero-order chi connectivity index (χ0) is 14.8. The van der Waals surface area contributed by atoms with Gasteiger partial charge in [0.15, 0.2) is 0 Å². The molecule has 2 aromatic carbocycles. The van der Waals surface area contributed by atoms with Crippen LogP contribution in [-0.4, -0.2) is 12.7 Å². The van der Waals surface area contributed by atoms with Crippen molar-refractivity contribution in [3.05, 3.63) is 57.6 Å². The minimum atomic E-state index is -0.0141. The third-order valence-electron chi connectivity index (χ3n) is 3.43. The average Bonchev–Trinajstić information content (AvgIpc) is 2.88. The van der Waals surface area contributed by atoms with Crippen molar-refractivity contribution in [2.45, 2.75) is 19.1 Å². The summed E-state index contributed by atoms with van der Waals surface area (Å²) < 4.78 is 11.7. The Labute approximate surface area is 133 Å². The molecule has 2 aromatic rings. The largest absolute Gasteiger partial charge is 0.488 e. The number of rotatable bonds is 4. The van der Waals surface area contributed by atoms with Crippen molar-refractivity contribution in [3.63, 3.8) is 0 Å². The molecule has 0 fully saturated rings. The molecule has 2 N–H and O–H groups in total. The number of para-hydroxylation sites is 1. The normalized spacial score (nSPS) is 16.4. The van der Waals surface area contributed by atoms with Gasteiger partial charge in [0.1, 0.15) is 24.2 Å². The first kappa shape index (κ1) is 14.5. The van der Waals surface area contributed by atoms with E-state index in [-0.39, 0.29) is 6.10 Å². The Kier molecular flexibility index (Phi) is 4.24. The molecule has 1 atom stereocenters. The van der Waals surface area contributed by atoms with Crippen molar-refractivity contribution in [1.82, 2.24) is 0 Å². The fourth-order valence-corrected chi connectivity index (χ4v) is 3.04. The van der Waals surface area contributed by atoms with Gasteiger partial charge in [-0.15, -0.1) is 0 Å². The van der Waals surface area contributed by atoms with Crippen molar-refractivity contribution in [1.29, 1.82) is 0 Å². The van der Waals surface area contributed by atoms with E-state index < -0.39 is 0 Å². The lowest BCUT2D eigenvalue weighted by Crippen LogP contribution is -2.23. The van der Waals surface area contributed by atoms with Crippen LogP contribution in [0.25, 0.3) is 0 Å². The van der Waals surface area contributed by atoms with Crippen LogP contribution in [-0.2, 0) is 13.0 Å². The maximum Gasteiger partial charge on any atom is 0.142 e. The Balaban J connectivity index is 1.70. The number of fused-ring (bicyclic) bond motifs is 1. The Morgan fingerprint density at radius 1 is 1.24 bits per heavy atom. The zero-order valence-electron chi connectivity index (χ0n) is 11.3. The van der Waals surface area contributed by atoms with E-state index in [9.17, 15) is 0 Å². The zero-order valence-corrected chi connectivity index (χ0v) is 12.8. The van der Waals surface area contributed by atoms with Crippen LogP contribution in [0, 0.1) is 0 Å². The van der Waals surface area contributed by atoms with Crippen molar-refractivity contribution < 1.29 is 9.47 Å². The summed E-state index contributed by atoms with van der Waals surface area (Å²) in [5.41, 5.74) is 7.71. The summed E-state index contributed by atoms with van der Waals surface area (Å²) in [6.45, 7) is 0.740. The van der Waals surface area contributed by atoms with Gasteiger partial charge in [-0.2, -0.15) is 0 Å². The second-order valence-corrected chi connectivity index (χ2v) is 5.79. The standard InChI is InChI=1S/C16H15Cl2NO2/c17-12-5-11(8-19)16(14(18)7-12)20-9-13-6-10-3-1-2-4-15(10)21-13/h1-5,7,13H,6,8-9,19H2. The molecule has 0 spiro atoms. The van der Waals surface area contributed by atoms with E-state index in [0.29, 0.717) is 28.9 Å². The molecule has 1 unspecified atom stereocenters. The number of hydrogen-bond acceptors (Lipinski definition) is 3. The highest BCUT2D eigenvalue weighted by Gasteiger charge is 2.23. The molecule has 1 aliphatic heterocycles. The molecular weight excluding hydrogens is 309 g/mol. The Bertz CT molecular complexity index is 636. The van der Waals surface area contributed by atoms with E-state index in [1.807, 2.05) is 18.2 Å². The summed E-state index contributed by atoms with van der Waals surface area (Å²) in [4.78, 5) is 0. The van der Waals surface area contributed by atoms with Gasteiger partial charge in [0.05, 0.1) is 5.02 Å². The van der Waals surface area contributed by atoms with Gasteiger partial charge in [-0.25, -0.2) is 0 Å². The van der Waals surface area contributed by atoms with E-state index in [4.69, 9.17) is 38.4 Å². The van der Waals surface area contributed by atoms with E-state index in [0.717, 1.165) is 17.7 Å². The van der Waals surface area contributed by atoms with Crippen molar-refractivity contribution >= 4 is 23.2 Å². The molecule has 0 aromatic heterocycles. The van der Waals surface area contributed by atoms with Gasteiger partial charge in [0, 0.05) is 23.6 Å². The Hall–Kier alpha value is -1.42. The molecule has 1 aliphatic rings. The smallest absolute Gasteiger partial charge is 0.142 e. The van der Waals surface area contributed by atoms with Crippen molar-refractivity contribution in [2.75, 3.05) is 6.61 Å². The second-order valence-electron chi connectivity index (χ2n) is 4.94. The van der Waals surface area contributed by atoms with E-state index in [2.05, 4.69) is 6.07 Å². The summed E-state index contributed by atoms with van der Waals surface area (Å²) in [6.07, 6.45) is 0.819. The first-order valence-electron chi connectivity index (χ1n) is 6.72. The number of nitrogens with two attached hydrogens (primary N) is 1. The van der Waals surface area contributed by atoms with Gasteiger partial charge in [-0.05, 0) is 23.8 Å². The molecule has 0 aliphatic carbocycles. The van der Waals surface area contributed by atoms with E-state index >= 15 is 0 Å². The fraction of sp³-hybridized carbons (Fsp3) is 0.250. The van der Waals surface area contributed by atoms with Crippen LogP contribution in [0.1, 0.15) is 11.1 Å². The molecule has 3 nitrogen and oxygen atoms in total. The van der Waals surface area contributed by atoms with Gasteiger partial charge in [-0.3, -0.25) is 0 Å². The molecule has 21 heavy (non-hydrogen) atoms. The van der Waals surface area contributed by atoms with Crippen LogP contribution in [0.2, 0.25) is 10.0 Å². The molecule has 0 saturated carbocycles. The van der Waals surface area contributed by atoms with Crippen LogP contribution < -0.4 is 15.2 Å². The van der Waals surface area contributed by atoms with Crippen LogP contribution in [0.15, 0.2) is 36.4 Å². The molecular formula is C16H15Cl2NO2. The summed E-state index contributed by atoms with van der Waals surface area (Å²) in [5.74, 6) is 1.51. The molecule has 0 radical (unpaired) electrons. The second kappa shape index (κ2) is 6.14. The minimum absolute atomic E-state index is 0.0141. The fourth-order valence-electron chi connectivity index (χ4n) is 2.45. The highest BCUT2D eigenvalue weighted by Crippen LogP contribution is 2.33. The van der Waals surface area contributed by atoms with E-state index in [1.165, 1.54) is 5.56 Å².